The number of benzene rings is 1. The van der Waals surface area contributed by atoms with Gasteiger partial charge in [-0.05, 0) is 36.8 Å². The van der Waals surface area contributed by atoms with E-state index in [1.807, 2.05) is 6.07 Å². The minimum absolute atomic E-state index is 0.247. The molecular formula is C18H24N2O. The van der Waals surface area contributed by atoms with Gasteiger partial charge in [0.2, 0.25) is 0 Å². The zero-order chi connectivity index (χ0) is 14.1. The van der Waals surface area contributed by atoms with E-state index in [0.717, 1.165) is 18.7 Å². The first-order chi connectivity index (χ1) is 10.3. The van der Waals surface area contributed by atoms with Crippen molar-refractivity contribution in [2.24, 2.45) is 10.6 Å². The highest BCUT2D eigenvalue weighted by Crippen LogP contribution is 2.45. The van der Waals surface area contributed by atoms with Crippen LogP contribution in [0.1, 0.15) is 44.1 Å². The van der Waals surface area contributed by atoms with E-state index in [2.05, 4.69) is 34.3 Å². The Hall–Kier alpha value is -1.35. The molecule has 2 heterocycles. The number of nitrogens with zero attached hydrogens (tertiary/aromatic N) is 2. The second kappa shape index (κ2) is 5.45. The third-order valence-corrected chi connectivity index (χ3v) is 5.48. The summed E-state index contributed by atoms with van der Waals surface area (Å²) in [5, 5.41) is 4.31. The van der Waals surface area contributed by atoms with Crippen molar-refractivity contribution in [1.82, 2.24) is 4.90 Å². The molecule has 0 aromatic heterocycles. The van der Waals surface area contributed by atoms with E-state index in [4.69, 9.17) is 4.84 Å². The molecule has 3 aliphatic rings. The third-order valence-electron chi connectivity index (χ3n) is 5.48. The molecule has 1 aromatic rings. The van der Waals surface area contributed by atoms with Gasteiger partial charge in [0.1, 0.15) is 6.10 Å². The van der Waals surface area contributed by atoms with Gasteiger partial charge in [0.15, 0.2) is 0 Å². The summed E-state index contributed by atoms with van der Waals surface area (Å²) in [5.74, 6) is 0. The monoisotopic (exact) mass is 284 g/mol. The lowest BCUT2D eigenvalue weighted by atomic mass is 9.86. The maximum atomic E-state index is 5.68. The highest BCUT2D eigenvalue weighted by molar-refractivity contribution is 6.01. The van der Waals surface area contributed by atoms with Crippen LogP contribution in [0.3, 0.4) is 0 Å². The molecule has 1 unspecified atom stereocenters. The summed E-state index contributed by atoms with van der Waals surface area (Å²) in [4.78, 5) is 8.29. The van der Waals surface area contributed by atoms with Crippen molar-refractivity contribution >= 4 is 5.71 Å². The number of rotatable bonds is 3. The quantitative estimate of drug-likeness (QED) is 0.849. The average molecular weight is 284 g/mol. The summed E-state index contributed by atoms with van der Waals surface area (Å²) in [5.41, 5.74) is 2.96. The van der Waals surface area contributed by atoms with Crippen molar-refractivity contribution in [2.75, 3.05) is 19.6 Å². The van der Waals surface area contributed by atoms with E-state index >= 15 is 0 Å². The average Bonchev–Trinajstić information content (AvgIpc) is 3.24. The molecular weight excluding hydrogens is 260 g/mol. The number of hydrogen-bond donors (Lipinski definition) is 0. The maximum absolute atomic E-state index is 5.68. The molecule has 1 atom stereocenters. The van der Waals surface area contributed by atoms with Gasteiger partial charge in [0, 0.05) is 19.5 Å². The minimum Gasteiger partial charge on any atom is -0.390 e. The molecule has 1 aromatic carbocycles. The van der Waals surface area contributed by atoms with Gasteiger partial charge in [-0.3, -0.25) is 4.90 Å². The summed E-state index contributed by atoms with van der Waals surface area (Å²) in [7, 11) is 0. The fourth-order valence-electron chi connectivity index (χ4n) is 4.33. The molecule has 1 spiro atoms. The van der Waals surface area contributed by atoms with E-state index in [-0.39, 0.29) is 6.10 Å². The van der Waals surface area contributed by atoms with Crippen molar-refractivity contribution < 1.29 is 4.84 Å². The fraction of sp³-hybridized carbons (Fsp3) is 0.611. The van der Waals surface area contributed by atoms with Gasteiger partial charge in [-0.2, -0.15) is 0 Å². The molecule has 21 heavy (non-hydrogen) atoms. The van der Waals surface area contributed by atoms with Gasteiger partial charge < -0.3 is 4.84 Å². The lowest BCUT2D eigenvalue weighted by molar-refractivity contribution is 0.0558. The van der Waals surface area contributed by atoms with Crippen LogP contribution in [0.25, 0.3) is 0 Å². The van der Waals surface area contributed by atoms with Gasteiger partial charge in [0.05, 0.1) is 5.71 Å². The predicted octanol–water partition coefficient (Wildman–Crippen LogP) is 3.45. The highest BCUT2D eigenvalue weighted by atomic mass is 16.6. The Balaban J connectivity index is 1.32. The molecule has 4 rings (SSSR count). The second-order valence-corrected chi connectivity index (χ2v) is 7.03. The molecule has 2 aliphatic heterocycles. The summed E-state index contributed by atoms with van der Waals surface area (Å²) < 4.78 is 0. The first kappa shape index (κ1) is 13.3. The maximum Gasteiger partial charge on any atom is 0.145 e. The highest BCUT2D eigenvalue weighted by Gasteiger charge is 2.41. The summed E-state index contributed by atoms with van der Waals surface area (Å²) >= 11 is 0. The van der Waals surface area contributed by atoms with E-state index in [1.165, 1.54) is 50.8 Å². The molecule has 1 saturated heterocycles. The lowest BCUT2D eigenvalue weighted by Gasteiger charge is -2.24. The smallest absolute Gasteiger partial charge is 0.145 e. The SMILES string of the molecule is c1ccc(C2=NOC(CN3CCC4(CCCC4)C3)C2)cc1. The largest absolute Gasteiger partial charge is 0.390 e. The zero-order valence-electron chi connectivity index (χ0n) is 12.6. The van der Waals surface area contributed by atoms with Crippen LogP contribution >= 0.6 is 0 Å². The molecule has 0 N–H and O–H groups in total. The predicted molar refractivity (Wildman–Crippen MR) is 84.4 cm³/mol. The summed E-state index contributed by atoms with van der Waals surface area (Å²) in [6, 6.07) is 10.4. The first-order valence-electron chi connectivity index (χ1n) is 8.34. The van der Waals surface area contributed by atoms with E-state index in [0.29, 0.717) is 5.41 Å². The van der Waals surface area contributed by atoms with Gasteiger partial charge in [0.25, 0.3) is 0 Å². The zero-order valence-corrected chi connectivity index (χ0v) is 12.6. The van der Waals surface area contributed by atoms with Crippen molar-refractivity contribution in [3.8, 4) is 0 Å². The second-order valence-electron chi connectivity index (χ2n) is 7.03. The lowest BCUT2D eigenvalue weighted by Crippen LogP contribution is -2.32. The van der Waals surface area contributed by atoms with Crippen molar-refractivity contribution in [1.29, 1.82) is 0 Å². The van der Waals surface area contributed by atoms with Crippen molar-refractivity contribution in [3.63, 3.8) is 0 Å². The Morgan fingerprint density at radius 2 is 1.95 bits per heavy atom. The molecule has 0 amide bonds. The molecule has 112 valence electrons. The molecule has 0 bridgehead atoms. The Kier molecular flexibility index (Phi) is 3.46. The third kappa shape index (κ3) is 2.71. The van der Waals surface area contributed by atoms with Crippen molar-refractivity contribution in [3.05, 3.63) is 35.9 Å². The topological polar surface area (TPSA) is 24.8 Å². The first-order valence-corrected chi connectivity index (χ1v) is 8.34. The van der Waals surface area contributed by atoms with Crippen LogP contribution in [-0.4, -0.2) is 36.3 Å². The van der Waals surface area contributed by atoms with Crippen LogP contribution in [-0.2, 0) is 4.84 Å². The Labute approximate surface area is 127 Å². The van der Waals surface area contributed by atoms with Gasteiger partial charge >= 0.3 is 0 Å². The van der Waals surface area contributed by atoms with Gasteiger partial charge in [-0.25, -0.2) is 0 Å². The van der Waals surface area contributed by atoms with Crippen molar-refractivity contribution in [2.45, 2.75) is 44.6 Å². The Morgan fingerprint density at radius 3 is 2.76 bits per heavy atom. The number of oxime groups is 1. The van der Waals surface area contributed by atoms with Crippen LogP contribution in [0.5, 0.6) is 0 Å². The van der Waals surface area contributed by atoms with Crippen LogP contribution < -0.4 is 0 Å². The molecule has 1 aliphatic carbocycles. The molecule has 3 heteroatoms. The fourth-order valence-corrected chi connectivity index (χ4v) is 4.33. The Bertz CT molecular complexity index is 519. The van der Waals surface area contributed by atoms with Crippen LogP contribution in [0.4, 0.5) is 0 Å². The van der Waals surface area contributed by atoms with Crippen LogP contribution in [0.15, 0.2) is 35.5 Å². The molecule has 0 radical (unpaired) electrons. The van der Waals surface area contributed by atoms with Crippen LogP contribution in [0, 0.1) is 5.41 Å². The standard InChI is InChI=1S/C18H24N2O/c1-2-6-15(7-3-1)17-12-16(21-19-17)13-20-11-10-18(14-20)8-4-5-9-18/h1-3,6-7,16H,4-5,8-14H2. The number of hydrogen-bond acceptors (Lipinski definition) is 3. The van der Waals surface area contributed by atoms with E-state index in [9.17, 15) is 0 Å². The van der Waals surface area contributed by atoms with Gasteiger partial charge in [-0.15, -0.1) is 0 Å². The van der Waals surface area contributed by atoms with Gasteiger partial charge in [-0.1, -0.05) is 48.3 Å². The molecule has 3 nitrogen and oxygen atoms in total. The van der Waals surface area contributed by atoms with E-state index < -0.39 is 0 Å². The molecule has 2 fully saturated rings. The van der Waals surface area contributed by atoms with E-state index in [1.54, 1.807) is 0 Å². The molecule has 1 saturated carbocycles. The van der Waals surface area contributed by atoms with Crippen LogP contribution in [0.2, 0.25) is 0 Å². The Morgan fingerprint density at radius 1 is 1.14 bits per heavy atom. The summed E-state index contributed by atoms with van der Waals surface area (Å²) in [6.45, 7) is 3.58. The summed E-state index contributed by atoms with van der Waals surface area (Å²) in [6.07, 6.45) is 8.36. The minimum atomic E-state index is 0.247. The number of likely N-dealkylation sites (tertiary alicyclic amines) is 1. The normalized spacial score (nSPS) is 28.0.